The first kappa shape index (κ1) is 12.4. The first-order valence-corrected chi connectivity index (χ1v) is 5.22. The van der Waals surface area contributed by atoms with E-state index in [1.165, 1.54) is 12.1 Å². The number of nitrogens with one attached hydrogen (secondary N) is 1. The minimum atomic E-state index is -0.387. The van der Waals surface area contributed by atoms with Crippen LogP contribution in [0.15, 0.2) is 36.9 Å². The van der Waals surface area contributed by atoms with Gasteiger partial charge < -0.3 is 5.32 Å². The van der Waals surface area contributed by atoms with Crippen molar-refractivity contribution in [1.82, 2.24) is 5.32 Å². The van der Waals surface area contributed by atoms with Crippen LogP contribution in [-0.2, 0) is 6.42 Å². The van der Waals surface area contributed by atoms with Crippen molar-refractivity contribution >= 4 is 5.69 Å². The second kappa shape index (κ2) is 6.02. The molecule has 86 valence electrons. The molecule has 0 heterocycles. The van der Waals surface area contributed by atoms with Gasteiger partial charge in [-0.05, 0) is 25.5 Å². The van der Waals surface area contributed by atoms with Crippen LogP contribution in [0.2, 0.25) is 0 Å². The van der Waals surface area contributed by atoms with Gasteiger partial charge in [0.1, 0.15) is 0 Å². The Morgan fingerprint density at radius 1 is 1.50 bits per heavy atom. The highest BCUT2D eigenvalue weighted by Crippen LogP contribution is 2.11. The zero-order valence-corrected chi connectivity index (χ0v) is 9.35. The van der Waals surface area contributed by atoms with Gasteiger partial charge in [-0.15, -0.1) is 6.58 Å². The zero-order valence-electron chi connectivity index (χ0n) is 9.35. The van der Waals surface area contributed by atoms with Gasteiger partial charge >= 0.3 is 0 Å². The molecule has 0 aliphatic carbocycles. The van der Waals surface area contributed by atoms with Gasteiger partial charge in [0.05, 0.1) is 4.92 Å². The number of nitrogens with zero attached hydrogens (tertiary/aromatic N) is 1. The summed E-state index contributed by atoms with van der Waals surface area (Å²) in [7, 11) is 0. The molecule has 1 unspecified atom stereocenters. The van der Waals surface area contributed by atoms with E-state index in [4.69, 9.17) is 0 Å². The third-order valence-corrected chi connectivity index (χ3v) is 2.38. The Kier molecular flexibility index (Phi) is 4.66. The third kappa shape index (κ3) is 3.82. The standard InChI is InChI=1S/C12H16N2O2/c1-3-10(2)13-9-8-11-4-6-12(7-5-11)14(15)16/h3-7,10,13H,1,8-9H2,2H3. The van der Waals surface area contributed by atoms with E-state index in [0.29, 0.717) is 0 Å². The number of nitro groups is 1. The Balaban J connectivity index is 2.43. The lowest BCUT2D eigenvalue weighted by Crippen LogP contribution is -2.25. The summed E-state index contributed by atoms with van der Waals surface area (Å²) in [6.45, 7) is 6.55. The van der Waals surface area contributed by atoms with Crippen molar-refractivity contribution in [2.75, 3.05) is 6.54 Å². The van der Waals surface area contributed by atoms with E-state index in [1.54, 1.807) is 12.1 Å². The molecule has 1 atom stereocenters. The highest BCUT2D eigenvalue weighted by atomic mass is 16.6. The van der Waals surface area contributed by atoms with Crippen LogP contribution in [0.3, 0.4) is 0 Å². The Morgan fingerprint density at radius 2 is 2.12 bits per heavy atom. The van der Waals surface area contributed by atoms with Crippen LogP contribution in [0.4, 0.5) is 5.69 Å². The molecule has 0 fully saturated rings. The highest BCUT2D eigenvalue weighted by Gasteiger charge is 2.03. The van der Waals surface area contributed by atoms with Crippen molar-refractivity contribution in [3.05, 3.63) is 52.6 Å². The molecule has 0 aliphatic rings. The fraction of sp³-hybridized carbons (Fsp3) is 0.333. The lowest BCUT2D eigenvalue weighted by atomic mass is 10.1. The summed E-state index contributed by atoms with van der Waals surface area (Å²) in [5.74, 6) is 0. The molecule has 0 aromatic heterocycles. The fourth-order valence-electron chi connectivity index (χ4n) is 1.31. The molecule has 0 spiro atoms. The van der Waals surface area contributed by atoms with Gasteiger partial charge in [-0.1, -0.05) is 18.2 Å². The molecular formula is C12H16N2O2. The van der Waals surface area contributed by atoms with Crippen LogP contribution in [0.25, 0.3) is 0 Å². The van der Waals surface area contributed by atoms with Crippen LogP contribution < -0.4 is 5.32 Å². The van der Waals surface area contributed by atoms with E-state index in [-0.39, 0.29) is 16.7 Å². The Morgan fingerprint density at radius 3 is 2.62 bits per heavy atom. The monoisotopic (exact) mass is 220 g/mol. The van der Waals surface area contributed by atoms with E-state index in [0.717, 1.165) is 18.5 Å². The lowest BCUT2D eigenvalue weighted by molar-refractivity contribution is -0.384. The van der Waals surface area contributed by atoms with Crippen molar-refractivity contribution in [3.8, 4) is 0 Å². The fourth-order valence-corrected chi connectivity index (χ4v) is 1.31. The van der Waals surface area contributed by atoms with Crippen LogP contribution >= 0.6 is 0 Å². The van der Waals surface area contributed by atoms with Crippen molar-refractivity contribution in [1.29, 1.82) is 0 Å². The van der Waals surface area contributed by atoms with Gasteiger partial charge in [0.2, 0.25) is 0 Å². The molecule has 4 nitrogen and oxygen atoms in total. The molecule has 1 N–H and O–H groups in total. The van der Waals surface area contributed by atoms with Gasteiger partial charge in [0, 0.05) is 18.2 Å². The van der Waals surface area contributed by atoms with Gasteiger partial charge in [-0.25, -0.2) is 0 Å². The molecular weight excluding hydrogens is 204 g/mol. The average molecular weight is 220 g/mol. The van der Waals surface area contributed by atoms with Crippen molar-refractivity contribution in [3.63, 3.8) is 0 Å². The number of nitro benzene ring substituents is 1. The van der Waals surface area contributed by atoms with Crippen molar-refractivity contribution in [2.24, 2.45) is 0 Å². The number of hydrogen-bond acceptors (Lipinski definition) is 3. The van der Waals surface area contributed by atoms with Crippen LogP contribution in [0, 0.1) is 10.1 Å². The minimum absolute atomic E-state index is 0.135. The molecule has 0 saturated heterocycles. The smallest absolute Gasteiger partial charge is 0.269 e. The summed E-state index contributed by atoms with van der Waals surface area (Å²) in [5, 5.41) is 13.7. The molecule has 0 radical (unpaired) electrons. The summed E-state index contributed by atoms with van der Waals surface area (Å²) in [5.41, 5.74) is 1.23. The maximum atomic E-state index is 10.4. The van der Waals surface area contributed by atoms with Crippen molar-refractivity contribution < 1.29 is 4.92 Å². The van der Waals surface area contributed by atoms with Crippen LogP contribution in [0.1, 0.15) is 12.5 Å². The third-order valence-electron chi connectivity index (χ3n) is 2.38. The summed E-state index contributed by atoms with van der Waals surface area (Å²) < 4.78 is 0. The number of hydrogen-bond donors (Lipinski definition) is 1. The number of non-ortho nitro benzene ring substituents is 1. The Labute approximate surface area is 95.1 Å². The largest absolute Gasteiger partial charge is 0.310 e. The maximum Gasteiger partial charge on any atom is 0.269 e. The Bertz CT molecular complexity index is 360. The molecule has 0 amide bonds. The molecule has 1 aromatic rings. The second-order valence-electron chi connectivity index (χ2n) is 3.65. The highest BCUT2D eigenvalue weighted by molar-refractivity contribution is 5.32. The predicted octanol–water partition coefficient (Wildman–Crippen LogP) is 2.30. The van der Waals surface area contributed by atoms with E-state index < -0.39 is 0 Å². The number of rotatable bonds is 6. The van der Waals surface area contributed by atoms with Gasteiger partial charge in [-0.2, -0.15) is 0 Å². The molecule has 0 aliphatic heterocycles. The summed E-state index contributed by atoms with van der Waals surface area (Å²) in [6, 6.07) is 6.94. The van der Waals surface area contributed by atoms with Crippen LogP contribution in [-0.4, -0.2) is 17.5 Å². The molecule has 1 aromatic carbocycles. The molecule has 4 heteroatoms. The number of benzene rings is 1. The van der Waals surface area contributed by atoms with E-state index in [1.807, 2.05) is 13.0 Å². The van der Waals surface area contributed by atoms with E-state index >= 15 is 0 Å². The molecule has 1 rings (SSSR count). The second-order valence-corrected chi connectivity index (χ2v) is 3.65. The van der Waals surface area contributed by atoms with Gasteiger partial charge in [-0.3, -0.25) is 10.1 Å². The zero-order chi connectivity index (χ0) is 12.0. The molecule has 0 bridgehead atoms. The van der Waals surface area contributed by atoms with E-state index in [9.17, 15) is 10.1 Å². The van der Waals surface area contributed by atoms with Crippen LogP contribution in [0.5, 0.6) is 0 Å². The topological polar surface area (TPSA) is 55.2 Å². The first-order valence-electron chi connectivity index (χ1n) is 5.22. The first-order chi connectivity index (χ1) is 7.63. The Hall–Kier alpha value is -1.68. The molecule has 16 heavy (non-hydrogen) atoms. The van der Waals surface area contributed by atoms with Crippen molar-refractivity contribution in [2.45, 2.75) is 19.4 Å². The minimum Gasteiger partial charge on any atom is -0.310 e. The SMILES string of the molecule is C=CC(C)NCCc1ccc([N+](=O)[O-])cc1. The summed E-state index contributed by atoms with van der Waals surface area (Å²) >= 11 is 0. The lowest BCUT2D eigenvalue weighted by Gasteiger charge is -2.08. The predicted molar refractivity (Wildman–Crippen MR) is 64.5 cm³/mol. The maximum absolute atomic E-state index is 10.4. The summed E-state index contributed by atoms with van der Waals surface area (Å²) in [4.78, 5) is 10.0. The average Bonchev–Trinajstić information content (AvgIpc) is 2.29. The molecule has 0 saturated carbocycles. The van der Waals surface area contributed by atoms with Gasteiger partial charge in [0.15, 0.2) is 0 Å². The van der Waals surface area contributed by atoms with Gasteiger partial charge in [0.25, 0.3) is 5.69 Å². The normalized spacial score (nSPS) is 12.1. The quantitative estimate of drug-likeness (QED) is 0.454. The van der Waals surface area contributed by atoms with E-state index in [2.05, 4.69) is 11.9 Å². The summed E-state index contributed by atoms with van der Waals surface area (Å²) in [6.07, 6.45) is 2.70.